The highest BCUT2D eigenvalue weighted by atomic mass is 19.1. The number of rotatable bonds is 1. The number of guanidine groups is 1. The normalized spacial score (nSPS) is 32.3. The molecule has 0 amide bonds. The average Bonchev–Trinajstić information content (AvgIpc) is 3.18. The molecule has 1 heterocycles. The summed E-state index contributed by atoms with van der Waals surface area (Å²) in [6.07, 6.45) is 3.16. The fraction of sp³-hybridized carbons (Fsp3) is 0.417. The van der Waals surface area contributed by atoms with Crippen LogP contribution in [0.2, 0.25) is 0 Å². The highest BCUT2D eigenvalue weighted by Gasteiger charge is 2.64. The maximum atomic E-state index is 14.7. The second-order valence-corrected chi connectivity index (χ2v) is 9.14. The Balaban J connectivity index is 1.64. The number of nitrogens with zero attached hydrogens (tertiary/aromatic N) is 3. The van der Waals surface area contributed by atoms with Gasteiger partial charge in [-0.2, -0.15) is 5.26 Å². The standard InChI is InChI=1S/C24H25FN4O/c1-22(25)8-10-23(11-9-22)14-19-7-6-18(17-5-3-4-16(12-17)15-26)13-20(19)24(23)28-21(27)29(2)30-24/h3-7,12-13H,8-11,14H2,1-2H3,(H2,27,28). The highest BCUT2D eigenvalue weighted by Crippen LogP contribution is 2.63. The molecule has 1 fully saturated rings. The molecule has 154 valence electrons. The first kappa shape index (κ1) is 19.1. The summed E-state index contributed by atoms with van der Waals surface area (Å²) in [7, 11) is 1.77. The molecule has 30 heavy (non-hydrogen) atoms. The van der Waals surface area contributed by atoms with E-state index in [0.717, 1.165) is 23.1 Å². The summed E-state index contributed by atoms with van der Waals surface area (Å²) in [6, 6.07) is 16.1. The van der Waals surface area contributed by atoms with Gasteiger partial charge in [0, 0.05) is 18.0 Å². The lowest BCUT2D eigenvalue weighted by molar-refractivity contribution is -0.232. The van der Waals surface area contributed by atoms with Gasteiger partial charge in [0.05, 0.1) is 11.6 Å². The lowest BCUT2D eigenvalue weighted by Crippen LogP contribution is -2.47. The van der Waals surface area contributed by atoms with Crippen molar-refractivity contribution in [2.75, 3.05) is 7.05 Å². The molecule has 0 bridgehead atoms. The first-order valence-corrected chi connectivity index (χ1v) is 10.4. The highest BCUT2D eigenvalue weighted by molar-refractivity contribution is 5.79. The van der Waals surface area contributed by atoms with Gasteiger partial charge in [-0.1, -0.05) is 24.3 Å². The predicted octanol–water partition coefficient (Wildman–Crippen LogP) is 4.41. The van der Waals surface area contributed by atoms with Crippen LogP contribution >= 0.6 is 0 Å². The van der Waals surface area contributed by atoms with Gasteiger partial charge in [0.1, 0.15) is 5.67 Å². The van der Waals surface area contributed by atoms with Crippen molar-refractivity contribution in [2.45, 2.75) is 50.4 Å². The van der Waals surface area contributed by atoms with Crippen molar-refractivity contribution in [3.8, 4) is 17.2 Å². The number of nitrogens with two attached hydrogens (primary N) is 1. The van der Waals surface area contributed by atoms with Crippen molar-refractivity contribution in [2.24, 2.45) is 16.1 Å². The second-order valence-electron chi connectivity index (χ2n) is 9.14. The van der Waals surface area contributed by atoms with E-state index in [2.05, 4.69) is 24.3 Å². The summed E-state index contributed by atoms with van der Waals surface area (Å²) in [6.45, 7) is 1.69. The van der Waals surface area contributed by atoms with Crippen LogP contribution < -0.4 is 5.73 Å². The van der Waals surface area contributed by atoms with Crippen LogP contribution in [0.5, 0.6) is 0 Å². The van der Waals surface area contributed by atoms with Crippen LogP contribution in [0.15, 0.2) is 47.5 Å². The zero-order valence-electron chi connectivity index (χ0n) is 17.3. The smallest absolute Gasteiger partial charge is 0.220 e. The molecule has 3 aliphatic rings. The predicted molar refractivity (Wildman–Crippen MR) is 113 cm³/mol. The molecular weight excluding hydrogens is 379 g/mol. The van der Waals surface area contributed by atoms with Crippen LogP contribution in [0.3, 0.4) is 0 Å². The van der Waals surface area contributed by atoms with Gasteiger partial charge in [-0.05, 0) is 73.9 Å². The number of halogens is 1. The molecule has 6 heteroatoms. The third-order valence-electron chi connectivity index (χ3n) is 7.16. The summed E-state index contributed by atoms with van der Waals surface area (Å²) in [5, 5.41) is 10.8. The van der Waals surface area contributed by atoms with Gasteiger partial charge in [0.15, 0.2) is 0 Å². The molecule has 5 nitrogen and oxygen atoms in total. The van der Waals surface area contributed by atoms with Gasteiger partial charge in [-0.25, -0.2) is 19.3 Å². The molecule has 0 aromatic heterocycles. The largest absolute Gasteiger partial charge is 0.368 e. The number of alkyl halides is 1. The van der Waals surface area contributed by atoms with Crippen LogP contribution in [0.1, 0.15) is 49.3 Å². The van der Waals surface area contributed by atoms with Gasteiger partial charge >= 0.3 is 0 Å². The fourth-order valence-corrected chi connectivity index (χ4v) is 5.35. The first-order chi connectivity index (χ1) is 14.3. The minimum Gasteiger partial charge on any atom is -0.368 e. The fourth-order valence-electron chi connectivity index (χ4n) is 5.35. The van der Waals surface area contributed by atoms with Gasteiger partial charge < -0.3 is 5.73 Å². The third kappa shape index (κ3) is 2.65. The summed E-state index contributed by atoms with van der Waals surface area (Å²) in [5.74, 6) is 0.340. The molecule has 2 aliphatic carbocycles. The monoisotopic (exact) mass is 404 g/mol. The van der Waals surface area contributed by atoms with Crippen molar-refractivity contribution in [1.82, 2.24) is 5.06 Å². The number of nitriles is 1. The van der Waals surface area contributed by atoms with Crippen molar-refractivity contribution in [3.63, 3.8) is 0 Å². The van der Waals surface area contributed by atoms with E-state index in [4.69, 9.17) is 15.6 Å². The van der Waals surface area contributed by atoms with Crippen molar-refractivity contribution < 1.29 is 9.23 Å². The van der Waals surface area contributed by atoms with E-state index >= 15 is 0 Å². The van der Waals surface area contributed by atoms with Crippen LogP contribution in [0.4, 0.5) is 4.39 Å². The molecule has 5 rings (SSSR count). The number of hydrogen-bond donors (Lipinski definition) is 1. The number of hydrogen-bond acceptors (Lipinski definition) is 5. The number of hydroxylamine groups is 2. The number of aliphatic imine (C=N–C) groups is 1. The molecule has 1 unspecified atom stereocenters. The zero-order valence-corrected chi connectivity index (χ0v) is 17.3. The van der Waals surface area contributed by atoms with E-state index in [0.29, 0.717) is 37.2 Å². The van der Waals surface area contributed by atoms with E-state index in [1.165, 1.54) is 10.6 Å². The number of fused-ring (bicyclic) bond motifs is 3. The molecule has 1 atom stereocenters. The van der Waals surface area contributed by atoms with E-state index < -0.39 is 11.4 Å². The molecule has 2 N–H and O–H groups in total. The van der Waals surface area contributed by atoms with Gasteiger partial charge in [-0.15, -0.1) is 0 Å². The minimum atomic E-state index is -1.15. The Hall–Kier alpha value is -2.91. The summed E-state index contributed by atoms with van der Waals surface area (Å²) in [5.41, 5.74) is 8.52. The first-order valence-electron chi connectivity index (χ1n) is 10.4. The Kier molecular flexibility index (Phi) is 4.00. The molecule has 1 saturated carbocycles. The van der Waals surface area contributed by atoms with Crippen molar-refractivity contribution >= 4 is 5.96 Å². The lowest BCUT2D eigenvalue weighted by Gasteiger charge is -2.46. The van der Waals surface area contributed by atoms with E-state index in [1.54, 1.807) is 20.0 Å². The number of benzene rings is 2. The van der Waals surface area contributed by atoms with Gasteiger partial charge in [0.25, 0.3) is 0 Å². The Morgan fingerprint density at radius 2 is 1.87 bits per heavy atom. The van der Waals surface area contributed by atoms with Crippen molar-refractivity contribution in [3.05, 3.63) is 59.2 Å². The zero-order chi connectivity index (χ0) is 21.1. The molecule has 1 aliphatic heterocycles. The van der Waals surface area contributed by atoms with E-state index in [-0.39, 0.29) is 5.41 Å². The summed E-state index contributed by atoms with van der Waals surface area (Å²) in [4.78, 5) is 11.2. The summed E-state index contributed by atoms with van der Waals surface area (Å²) < 4.78 is 14.7. The van der Waals surface area contributed by atoms with E-state index in [1.807, 2.05) is 18.2 Å². The van der Waals surface area contributed by atoms with Crippen LogP contribution in [-0.2, 0) is 17.0 Å². The Labute approximate surface area is 175 Å². The van der Waals surface area contributed by atoms with E-state index in [9.17, 15) is 9.65 Å². The Morgan fingerprint density at radius 1 is 1.13 bits per heavy atom. The topological polar surface area (TPSA) is 74.6 Å². The maximum Gasteiger partial charge on any atom is 0.220 e. The van der Waals surface area contributed by atoms with Crippen LogP contribution in [0.25, 0.3) is 11.1 Å². The Morgan fingerprint density at radius 3 is 2.53 bits per heavy atom. The average molecular weight is 404 g/mol. The SMILES string of the molecule is CN1OC2(N=C1N)c1cc(-c3cccc(C#N)c3)ccc1CC21CCC(C)(F)CC1. The molecular formula is C24H25FN4O. The molecule has 2 aromatic rings. The molecule has 2 aromatic carbocycles. The quantitative estimate of drug-likeness (QED) is 0.764. The molecule has 0 saturated heterocycles. The van der Waals surface area contributed by atoms with Gasteiger partial charge in [0.2, 0.25) is 11.7 Å². The van der Waals surface area contributed by atoms with Crippen molar-refractivity contribution in [1.29, 1.82) is 5.26 Å². The lowest BCUT2D eigenvalue weighted by atomic mass is 9.64. The molecule has 0 radical (unpaired) electrons. The second kappa shape index (κ2) is 6.29. The minimum absolute atomic E-state index is 0.316. The Bertz CT molecular complexity index is 1090. The molecule has 2 spiro atoms. The third-order valence-corrected chi connectivity index (χ3v) is 7.16. The summed E-state index contributed by atoms with van der Waals surface area (Å²) >= 11 is 0. The maximum absolute atomic E-state index is 14.7. The van der Waals surface area contributed by atoms with Crippen LogP contribution in [0, 0.1) is 16.7 Å². The van der Waals surface area contributed by atoms with Crippen LogP contribution in [-0.4, -0.2) is 23.7 Å². The van der Waals surface area contributed by atoms with Gasteiger partial charge in [-0.3, -0.25) is 0 Å².